The standard InChI is InChI=1S/C22H24ClN3O3/c1-3-4-13-29-19-10-7-17(14-20(19)28-2)22(27)25-21-11-12-24-26(21)15-16-5-8-18(23)9-6-16/h5-12,14H,3-4,13,15H2,1-2H3,(H,25,27). The SMILES string of the molecule is CCCCOc1ccc(C(=O)Nc2ccnn2Cc2ccc(Cl)cc2)cc1OC. The zero-order valence-corrected chi connectivity index (χ0v) is 17.3. The van der Waals surface area contributed by atoms with E-state index in [-0.39, 0.29) is 5.91 Å². The van der Waals surface area contributed by atoms with Gasteiger partial charge in [-0.3, -0.25) is 4.79 Å². The van der Waals surface area contributed by atoms with Gasteiger partial charge in [0.15, 0.2) is 11.5 Å². The maximum Gasteiger partial charge on any atom is 0.256 e. The fourth-order valence-corrected chi connectivity index (χ4v) is 2.90. The number of hydrogen-bond donors (Lipinski definition) is 1. The van der Waals surface area contributed by atoms with Gasteiger partial charge in [-0.05, 0) is 42.3 Å². The number of carbonyl (C=O) groups excluding carboxylic acids is 1. The first-order valence-corrected chi connectivity index (χ1v) is 9.87. The molecule has 1 N–H and O–H groups in total. The van der Waals surface area contributed by atoms with Crippen LogP contribution >= 0.6 is 11.6 Å². The molecular formula is C22H24ClN3O3. The van der Waals surface area contributed by atoms with Crippen LogP contribution in [0.15, 0.2) is 54.7 Å². The molecule has 1 amide bonds. The van der Waals surface area contributed by atoms with Crippen molar-refractivity contribution in [3.63, 3.8) is 0 Å². The molecule has 3 aromatic rings. The van der Waals surface area contributed by atoms with Crippen LogP contribution in [0.5, 0.6) is 11.5 Å². The number of rotatable bonds is 9. The van der Waals surface area contributed by atoms with Crippen LogP contribution < -0.4 is 14.8 Å². The van der Waals surface area contributed by atoms with Crippen LogP contribution in [-0.2, 0) is 6.54 Å². The van der Waals surface area contributed by atoms with Gasteiger partial charge in [-0.1, -0.05) is 37.1 Å². The van der Waals surface area contributed by atoms with Gasteiger partial charge < -0.3 is 14.8 Å². The van der Waals surface area contributed by atoms with E-state index in [0.29, 0.717) is 41.1 Å². The summed E-state index contributed by atoms with van der Waals surface area (Å²) in [5.41, 5.74) is 1.51. The zero-order valence-electron chi connectivity index (χ0n) is 16.5. The van der Waals surface area contributed by atoms with E-state index in [9.17, 15) is 4.79 Å². The number of carbonyl (C=O) groups is 1. The highest BCUT2D eigenvalue weighted by Crippen LogP contribution is 2.28. The van der Waals surface area contributed by atoms with E-state index >= 15 is 0 Å². The Hall–Kier alpha value is -2.99. The van der Waals surface area contributed by atoms with E-state index < -0.39 is 0 Å². The lowest BCUT2D eigenvalue weighted by Gasteiger charge is -2.13. The monoisotopic (exact) mass is 413 g/mol. The number of benzene rings is 2. The van der Waals surface area contributed by atoms with E-state index in [1.54, 1.807) is 42.3 Å². The third-order valence-corrected chi connectivity index (χ3v) is 4.64. The molecule has 0 aliphatic carbocycles. The number of nitrogens with zero attached hydrogens (tertiary/aromatic N) is 2. The molecule has 152 valence electrons. The number of methoxy groups -OCH3 is 1. The van der Waals surface area contributed by atoms with Crippen molar-refractivity contribution in [3.8, 4) is 11.5 Å². The Morgan fingerprint density at radius 3 is 2.66 bits per heavy atom. The van der Waals surface area contributed by atoms with Gasteiger partial charge in [-0.2, -0.15) is 5.10 Å². The lowest BCUT2D eigenvalue weighted by atomic mass is 10.2. The van der Waals surface area contributed by atoms with Crippen LogP contribution in [0, 0.1) is 0 Å². The fraction of sp³-hybridized carbons (Fsp3) is 0.273. The number of halogens is 1. The molecular weight excluding hydrogens is 390 g/mol. The molecule has 1 aromatic heterocycles. The van der Waals surface area contributed by atoms with Crippen LogP contribution in [0.25, 0.3) is 0 Å². The fourth-order valence-electron chi connectivity index (χ4n) is 2.77. The molecule has 0 unspecified atom stereocenters. The number of nitrogens with one attached hydrogen (secondary N) is 1. The number of amides is 1. The average Bonchev–Trinajstić information content (AvgIpc) is 3.16. The summed E-state index contributed by atoms with van der Waals surface area (Å²) in [6.07, 6.45) is 3.66. The smallest absolute Gasteiger partial charge is 0.256 e. The van der Waals surface area contributed by atoms with Crippen LogP contribution in [0.3, 0.4) is 0 Å². The summed E-state index contributed by atoms with van der Waals surface area (Å²) in [6.45, 7) is 3.24. The van der Waals surface area contributed by atoms with Gasteiger partial charge in [0, 0.05) is 16.7 Å². The first kappa shape index (κ1) is 20.7. The van der Waals surface area contributed by atoms with Crippen LogP contribution in [0.4, 0.5) is 5.82 Å². The molecule has 6 nitrogen and oxygen atoms in total. The van der Waals surface area contributed by atoms with Crippen molar-refractivity contribution in [2.45, 2.75) is 26.3 Å². The van der Waals surface area contributed by atoms with Crippen molar-refractivity contribution < 1.29 is 14.3 Å². The number of aromatic nitrogens is 2. The average molecular weight is 414 g/mol. The van der Waals surface area contributed by atoms with Gasteiger partial charge in [0.2, 0.25) is 0 Å². The van der Waals surface area contributed by atoms with Crippen LogP contribution in [0.2, 0.25) is 5.02 Å². The molecule has 0 radical (unpaired) electrons. The van der Waals surface area contributed by atoms with Crippen molar-refractivity contribution in [2.75, 3.05) is 19.0 Å². The molecule has 7 heteroatoms. The number of unbranched alkanes of at least 4 members (excludes halogenated alkanes) is 1. The van der Waals surface area contributed by atoms with Gasteiger partial charge in [-0.15, -0.1) is 0 Å². The van der Waals surface area contributed by atoms with E-state index in [4.69, 9.17) is 21.1 Å². The zero-order chi connectivity index (χ0) is 20.6. The highest BCUT2D eigenvalue weighted by atomic mass is 35.5. The summed E-state index contributed by atoms with van der Waals surface area (Å²) in [6, 6.07) is 14.4. The number of ether oxygens (including phenoxy) is 2. The van der Waals surface area contributed by atoms with Crippen molar-refractivity contribution >= 4 is 23.3 Å². The Labute approximate surface area is 175 Å². The molecule has 3 rings (SSSR count). The molecule has 29 heavy (non-hydrogen) atoms. The van der Waals surface area contributed by atoms with Crippen molar-refractivity contribution in [1.82, 2.24) is 9.78 Å². The Morgan fingerprint density at radius 1 is 1.14 bits per heavy atom. The third kappa shape index (κ3) is 5.51. The summed E-state index contributed by atoms with van der Waals surface area (Å²) < 4.78 is 12.8. The van der Waals surface area contributed by atoms with E-state index in [0.717, 1.165) is 18.4 Å². The summed E-state index contributed by atoms with van der Waals surface area (Å²) in [5.74, 6) is 1.52. The van der Waals surface area contributed by atoms with Crippen molar-refractivity contribution in [3.05, 3.63) is 70.9 Å². The van der Waals surface area contributed by atoms with E-state index in [2.05, 4.69) is 17.3 Å². The molecule has 2 aromatic carbocycles. The quantitative estimate of drug-likeness (QED) is 0.500. The molecule has 0 aliphatic rings. The lowest BCUT2D eigenvalue weighted by molar-refractivity contribution is 0.102. The second kappa shape index (κ2) is 9.98. The second-order valence-corrected chi connectivity index (χ2v) is 6.96. The molecule has 0 fully saturated rings. The van der Waals surface area contributed by atoms with Gasteiger partial charge in [-0.25, -0.2) is 4.68 Å². The third-order valence-electron chi connectivity index (χ3n) is 4.39. The van der Waals surface area contributed by atoms with E-state index in [1.165, 1.54) is 0 Å². The minimum atomic E-state index is -0.249. The summed E-state index contributed by atoms with van der Waals surface area (Å²) in [7, 11) is 1.56. The topological polar surface area (TPSA) is 65.4 Å². The first-order chi connectivity index (χ1) is 14.1. The van der Waals surface area contributed by atoms with Gasteiger partial charge in [0.1, 0.15) is 5.82 Å². The largest absolute Gasteiger partial charge is 0.493 e. The molecule has 0 saturated heterocycles. The van der Waals surface area contributed by atoms with Crippen molar-refractivity contribution in [1.29, 1.82) is 0 Å². The molecule has 0 saturated carbocycles. The maximum absolute atomic E-state index is 12.7. The Morgan fingerprint density at radius 2 is 1.93 bits per heavy atom. The number of hydrogen-bond acceptors (Lipinski definition) is 4. The summed E-state index contributed by atoms with van der Waals surface area (Å²) in [4.78, 5) is 12.7. The molecule has 0 bridgehead atoms. The molecule has 0 aliphatic heterocycles. The lowest BCUT2D eigenvalue weighted by Crippen LogP contribution is -2.16. The van der Waals surface area contributed by atoms with Gasteiger partial charge in [0.25, 0.3) is 5.91 Å². The minimum Gasteiger partial charge on any atom is -0.493 e. The predicted molar refractivity (Wildman–Crippen MR) is 114 cm³/mol. The minimum absolute atomic E-state index is 0.249. The second-order valence-electron chi connectivity index (χ2n) is 6.52. The van der Waals surface area contributed by atoms with E-state index in [1.807, 2.05) is 24.3 Å². The molecule has 0 spiro atoms. The number of anilines is 1. The Balaban J connectivity index is 1.70. The first-order valence-electron chi connectivity index (χ1n) is 9.49. The molecule has 0 atom stereocenters. The maximum atomic E-state index is 12.7. The van der Waals surface area contributed by atoms with Crippen LogP contribution in [0.1, 0.15) is 35.7 Å². The normalized spacial score (nSPS) is 10.6. The van der Waals surface area contributed by atoms with Crippen LogP contribution in [-0.4, -0.2) is 29.4 Å². The van der Waals surface area contributed by atoms with Gasteiger partial charge >= 0.3 is 0 Å². The Kier molecular flexibility index (Phi) is 7.14. The summed E-state index contributed by atoms with van der Waals surface area (Å²) >= 11 is 5.93. The molecule has 1 heterocycles. The highest BCUT2D eigenvalue weighted by molar-refractivity contribution is 6.30. The predicted octanol–water partition coefficient (Wildman–Crippen LogP) is 5.02. The van der Waals surface area contributed by atoms with Crippen molar-refractivity contribution in [2.24, 2.45) is 0 Å². The summed E-state index contributed by atoms with van der Waals surface area (Å²) in [5, 5.41) is 7.87. The highest BCUT2D eigenvalue weighted by Gasteiger charge is 2.13. The Bertz CT molecular complexity index is 954. The van der Waals surface area contributed by atoms with Gasteiger partial charge in [0.05, 0.1) is 26.5 Å².